The molecular formula is C18H22BrN3O2. The monoisotopic (exact) mass is 391 g/mol. The Labute approximate surface area is 150 Å². The molecule has 5 nitrogen and oxygen atoms in total. The van der Waals surface area contributed by atoms with Crippen LogP contribution in [-0.2, 0) is 4.74 Å². The molecule has 2 aromatic rings. The summed E-state index contributed by atoms with van der Waals surface area (Å²) in [5, 5.41) is 7.61. The fourth-order valence-corrected chi connectivity index (χ4v) is 3.44. The van der Waals surface area contributed by atoms with Crippen LogP contribution in [0.4, 0.5) is 0 Å². The first-order chi connectivity index (χ1) is 11.5. The van der Waals surface area contributed by atoms with Gasteiger partial charge >= 0.3 is 0 Å². The van der Waals surface area contributed by atoms with Crippen molar-refractivity contribution in [3.05, 3.63) is 45.7 Å². The number of benzene rings is 1. The highest BCUT2D eigenvalue weighted by atomic mass is 79.9. The highest BCUT2D eigenvalue weighted by Gasteiger charge is 2.26. The zero-order chi connectivity index (χ0) is 17.3. The van der Waals surface area contributed by atoms with Crippen molar-refractivity contribution in [3.63, 3.8) is 0 Å². The lowest BCUT2D eigenvalue weighted by Gasteiger charge is -2.20. The molecule has 24 heavy (non-hydrogen) atoms. The van der Waals surface area contributed by atoms with Gasteiger partial charge in [-0.1, -0.05) is 15.9 Å². The quantitative estimate of drug-likeness (QED) is 0.866. The fourth-order valence-electron chi connectivity index (χ4n) is 3.17. The van der Waals surface area contributed by atoms with E-state index in [1.165, 1.54) is 0 Å². The molecule has 6 heteroatoms. The number of carbonyl (C=O) groups excluding carboxylic acids is 1. The van der Waals surface area contributed by atoms with E-state index in [0.717, 1.165) is 41.0 Å². The number of aryl methyl sites for hydroxylation is 1. The summed E-state index contributed by atoms with van der Waals surface area (Å²) in [6.07, 6.45) is 2.17. The number of halogens is 1. The summed E-state index contributed by atoms with van der Waals surface area (Å²) in [6.45, 7) is 6.57. The molecule has 1 saturated heterocycles. The average molecular weight is 392 g/mol. The van der Waals surface area contributed by atoms with Gasteiger partial charge in [0.2, 0.25) is 0 Å². The number of nitrogens with zero attached hydrogens (tertiary/aromatic N) is 2. The minimum absolute atomic E-state index is 0.00479. The van der Waals surface area contributed by atoms with Gasteiger partial charge in [0.05, 0.1) is 34.8 Å². The second kappa shape index (κ2) is 7.07. The first kappa shape index (κ1) is 17.2. The molecule has 0 saturated carbocycles. The molecule has 1 fully saturated rings. The zero-order valence-corrected chi connectivity index (χ0v) is 15.8. The summed E-state index contributed by atoms with van der Waals surface area (Å²) in [5.74, 6) is -0.0867. The largest absolute Gasteiger partial charge is 0.376 e. The summed E-state index contributed by atoms with van der Waals surface area (Å²) in [6, 6.07) is 7.87. The van der Waals surface area contributed by atoms with Crippen molar-refractivity contribution in [3.8, 4) is 5.69 Å². The number of aromatic nitrogens is 2. The second-order valence-corrected chi connectivity index (χ2v) is 7.16. The third-order valence-electron chi connectivity index (χ3n) is 4.47. The number of nitrogens with one attached hydrogen (secondary N) is 1. The SMILES string of the molecule is Cc1nn(-c2ccc(Br)cc2)c(C)c1C(=O)NC(C)C1CCCO1. The maximum absolute atomic E-state index is 12.7. The molecule has 0 spiro atoms. The lowest BCUT2D eigenvalue weighted by atomic mass is 10.1. The first-order valence-electron chi connectivity index (χ1n) is 8.22. The van der Waals surface area contributed by atoms with Crippen LogP contribution >= 0.6 is 15.9 Å². The third-order valence-corrected chi connectivity index (χ3v) is 5.00. The Kier molecular flexibility index (Phi) is 5.06. The maximum Gasteiger partial charge on any atom is 0.255 e. The zero-order valence-electron chi connectivity index (χ0n) is 14.2. The fraction of sp³-hybridized carbons (Fsp3) is 0.444. The van der Waals surface area contributed by atoms with E-state index in [-0.39, 0.29) is 18.1 Å². The molecule has 1 aliphatic rings. The van der Waals surface area contributed by atoms with Gasteiger partial charge in [0.25, 0.3) is 5.91 Å². The Hall–Kier alpha value is -1.66. The molecule has 0 radical (unpaired) electrons. The lowest BCUT2D eigenvalue weighted by Crippen LogP contribution is -2.41. The molecule has 1 aromatic carbocycles. The van der Waals surface area contributed by atoms with Crippen molar-refractivity contribution in [2.24, 2.45) is 0 Å². The third kappa shape index (κ3) is 3.39. The highest BCUT2D eigenvalue weighted by molar-refractivity contribution is 9.10. The molecule has 128 valence electrons. The molecule has 1 amide bonds. The molecule has 2 atom stereocenters. The van der Waals surface area contributed by atoms with Crippen LogP contribution in [-0.4, -0.2) is 34.4 Å². The van der Waals surface area contributed by atoms with Gasteiger partial charge in [-0.25, -0.2) is 4.68 Å². The van der Waals surface area contributed by atoms with Crippen LogP contribution in [0.3, 0.4) is 0 Å². The van der Waals surface area contributed by atoms with E-state index >= 15 is 0 Å². The van der Waals surface area contributed by atoms with Crippen LogP contribution in [0.5, 0.6) is 0 Å². The van der Waals surface area contributed by atoms with Gasteiger partial charge in [0, 0.05) is 11.1 Å². The Morgan fingerprint density at radius 2 is 2.08 bits per heavy atom. The van der Waals surface area contributed by atoms with Gasteiger partial charge in [0.15, 0.2) is 0 Å². The van der Waals surface area contributed by atoms with Gasteiger partial charge in [-0.05, 0) is 57.9 Å². The molecule has 2 heterocycles. The molecule has 1 aliphatic heterocycles. The summed E-state index contributed by atoms with van der Waals surface area (Å²) < 4.78 is 8.48. The van der Waals surface area contributed by atoms with Gasteiger partial charge in [0.1, 0.15) is 0 Å². The molecule has 3 rings (SSSR count). The summed E-state index contributed by atoms with van der Waals surface area (Å²) in [5.41, 5.74) is 3.15. The Morgan fingerprint density at radius 3 is 2.71 bits per heavy atom. The van der Waals surface area contributed by atoms with E-state index in [1.54, 1.807) is 0 Å². The van der Waals surface area contributed by atoms with Crippen LogP contribution in [0.25, 0.3) is 5.69 Å². The Balaban J connectivity index is 1.83. The molecule has 0 aliphatic carbocycles. The smallest absolute Gasteiger partial charge is 0.255 e. The van der Waals surface area contributed by atoms with E-state index in [1.807, 2.05) is 49.7 Å². The minimum Gasteiger partial charge on any atom is -0.376 e. The minimum atomic E-state index is -0.0867. The Morgan fingerprint density at radius 1 is 1.38 bits per heavy atom. The normalized spacial score (nSPS) is 18.6. The Bertz CT molecular complexity index is 733. The van der Waals surface area contributed by atoms with Gasteiger partial charge in [-0.3, -0.25) is 4.79 Å². The number of amides is 1. The van der Waals surface area contributed by atoms with E-state index in [9.17, 15) is 4.79 Å². The van der Waals surface area contributed by atoms with Gasteiger partial charge in [-0.15, -0.1) is 0 Å². The van der Waals surface area contributed by atoms with Crippen LogP contribution in [0.15, 0.2) is 28.7 Å². The first-order valence-corrected chi connectivity index (χ1v) is 9.01. The van der Waals surface area contributed by atoms with E-state index < -0.39 is 0 Å². The van der Waals surface area contributed by atoms with Crippen molar-refractivity contribution >= 4 is 21.8 Å². The van der Waals surface area contributed by atoms with Gasteiger partial charge < -0.3 is 10.1 Å². The van der Waals surface area contributed by atoms with Crippen molar-refractivity contribution in [2.45, 2.75) is 45.8 Å². The molecule has 1 aromatic heterocycles. The maximum atomic E-state index is 12.7. The van der Waals surface area contributed by atoms with E-state index in [4.69, 9.17) is 4.74 Å². The highest BCUT2D eigenvalue weighted by Crippen LogP contribution is 2.21. The van der Waals surface area contributed by atoms with Crippen LogP contribution in [0, 0.1) is 13.8 Å². The van der Waals surface area contributed by atoms with Crippen LogP contribution < -0.4 is 5.32 Å². The van der Waals surface area contributed by atoms with Gasteiger partial charge in [-0.2, -0.15) is 5.10 Å². The predicted octanol–water partition coefficient (Wildman–Crippen LogP) is 3.55. The molecular weight excluding hydrogens is 370 g/mol. The molecule has 2 unspecified atom stereocenters. The van der Waals surface area contributed by atoms with Crippen molar-refractivity contribution in [1.29, 1.82) is 0 Å². The summed E-state index contributed by atoms with van der Waals surface area (Å²) >= 11 is 3.43. The van der Waals surface area contributed by atoms with Crippen LogP contribution in [0.2, 0.25) is 0 Å². The predicted molar refractivity (Wildman–Crippen MR) is 96.6 cm³/mol. The number of carbonyl (C=O) groups is 1. The van der Waals surface area contributed by atoms with Crippen molar-refractivity contribution in [2.75, 3.05) is 6.61 Å². The average Bonchev–Trinajstić information content (AvgIpc) is 3.16. The van der Waals surface area contributed by atoms with E-state index in [2.05, 4.69) is 26.3 Å². The number of hydrogen-bond donors (Lipinski definition) is 1. The number of rotatable bonds is 4. The van der Waals surface area contributed by atoms with Crippen LogP contribution in [0.1, 0.15) is 41.5 Å². The summed E-state index contributed by atoms with van der Waals surface area (Å²) in [7, 11) is 0. The topological polar surface area (TPSA) is 56.2 Å². The molecule has 1 N–H and O–H groups in total. The number of ether oxygens (including phenoxy) is 1. The van der Waals surface area contributed by atoms with Crippen molar-refractivity contribution < 1.29 is 9.53 Å². The summed E-state index contributed by atoms with van der Waals surface area (Å²) in [4.78, 5) is 12.7. The second-order valence-electron chi connectivity index (χ2n) is 6.25. The lowest BCUT2D eigenvalue weighted by molar-refractivity contribution is 0.0711. The molecule has 0 bridgehead atoms. The van der Waals surface area contributed by atoms with E-state index in [0.29, 0.717) is 5.56 Å². The van der Waals surface area contributed by atoms with Crippen molar-refractivity contribution in [1.82, 2.24) is 15.1 Å². The standard InChI is InChI=1S/C18H22BrN3O2/c1-11(16-5-4-10-24-16)20-18(23)17-12(2)21-22(13(17)3)15-8-6-14(19)7-9-15/h6-9,11,16H,4-5,10H2,1-3H3,(H,20,23). The number of hydrogen-bond acceptors (Lipinski definition) is 3.